The number of nitrogens with one attached hydrogen (secondary N) is 2. The summed E-state index contributed by atoms with van der Waals surface area (Å²) in [6.45, 7) is 7.48. The number of aromatic nitrogens is 3. The number of pyridine rings is 1. The van der Waals surface area contributed by atoms with Crippen LogP contribution in [-0.4, -0.2) is 72.7 Å². The minimum absolute atomic E-state index is 0.267. The molecule has 2 aliphatic heterocycles. The van der Waals surface area contributed by atoms with E-state index >= 15 is 0 Å². The van der Waals surface area contributed by atoms with Crippen LogP contribution in [0.5, 0.6) is 5.75 Å². The largest absolute Gasteiger partial charge is 0.494 e. The Morgan fingerprint density at radius 3 is 2.69 bits per heavy atom. The van der Waals surface area contributed by atoms with Crippen LogP contribution in [0.4, 0.5) is 33.1 Å². The summed E-state index contributed by atoms with van der Waals surface area (Å²) in [5.74, 6) is 0.923. The molecule has 0 radical (unpaired) electrons. The average molecular weight is 611 g/mol. The van der Waals surface area contributed by atoms with Gasteiger partial charge in [-0.25, -0.2) is 19.4 Å². The van der Waals surface area contributed by atoms with Gasteiger partial charge in [-0.05, 0) is 54.6 Å². The molecular formula is C33H35FN8O3. The van der Waals surface area contributed by atoms with Crippen molar-refractivity contribution in [1.29, 1.82) is 0 Å². The summed E-state index contributed by atoms with van der Waals surface area (Å²) in [6, 6.07) is 13.9. The van der Waals surface area contributed by atoms with E-state index in [1.54, 1.807) is 30.6 Å². The van der Waals surface area contributed by atoms with Crippen LogP contribution in [0.1, 0.15) is 18.0 Å². The summed E-state index contributed by atoms with van der Waals surface area (Å²) in [7, 11) is 3.69. The molecule has 2 saturated heterocycles. The Morgan fingerprint density at radius 2 is 1.93 bits per heavy atom. The van der Waals surface area contributed by atoms with Crippen molar-refractivity contribution in [2.75, 3.05) is 67.5 Å². The van der Waals surface area contributed by atoms with E-state index in [-0.39, 0.29) is 17.8 Å². The van der Waals surface area contributed by atoms with Crippen LogP contribution in [0.15, 0.2) is 79.9 Å². The van der Waals surface area contributed by atoms with E-state index in [2.05, 4.69) is 49.0 Å². The van der Waals surface area contributed by atoms with Gasteiger partial charge >= 0.3 is 0 Å². The van der Waals surface area contributed by atoms with Gasteiger partial charge in [0, 0.05) is 62.7 Å². The van der Waals surface area contributed by atoms with Crippen LogP contribution in [-0.2, 0) is 9.63 Å². The molecule has 0 aliphatic carbocycles. The zero-order valence-electron chi connectivity index (χ0n) is 25.2. The number of carbonyl (C=O) groups is 1. The lowest BCUT2D eigenvalue weighted by molar-refractivity contribution is -0.111. The number of hydrogen-bond donors (Lipinski definition) is 2. The number of carbonyl (C=O) groups excluding carboxylic acids is 1. The number of nitrogens with zero attached hydrogens (tertiary/aromatic N) is 6. The molecule has 11 nitrogen and oxygen atoms in total. The van der Waals surface area contributed by atoms with Gasteiger partial charge in [0.15, 0.2) is 5.82 Å². The van der Waals surface area contributed by atoms with Crippen LogP contribution in [0.2, 0.25) is 0 Å². The zero-order chi connectivity index (χ0) is 31.3. The van der Waals surface area contributed by atoms with E-state index in [0.717, 1.165) is 48.6 Å². The smallest absolute Gasteiger partial charge is 0.247 e. The Morgan fingerprint density at radius 1 is 1.09 bits per heavy atom. The Hall–Kier alpha value is -5.07. The predicted molar refractivity (Wildman–Crippen MR) is 172 cm³/mol. The third-order valence-electron chi connectivity index (χ3n) is 7.95. The van der Waals surface area contributed by atoms with Crippen molar-refractivity contribution >= 4 is 34.6 Å². The second-order valence-corrected chi connectivity index (χ2v) is 10.9. The molecule has 0 unspecified atom stereocenters. The molecule has 232 valence electrons. The molecule has 1 amide bonds. The van der Waals surface area contributed by atoms with Gasteiger partial charge in [-0.15, -0.1) is 0 Å². The quantitative estimate of drug-likeness (QED) is 0.246. The second-order valence-electron chi connectivity index (χ2n) is 10.9. The number of piperazine rings is 1. The number of likely N-dealkylation sites (N-methyl/N-ethyl adjacent to an activating group) is 1. The molecule has 12 heteroatoms. The van der Waals surface area contributed by atoms with E-state index in [1.165, 1.54) is 24.5 Å². The normalized spacial score (nSPS) is 16.8. The Labute approximate surface area is 261 Å². The lowest BCUT2D eigenvalue weighted by Gasteiger charge is -2.35. The standard InChI is InChI=1S/C33H35FN8O3/c1-4-33(43)39-26-17-27(30(44-3)18-29(26)41-11-9-40(2)10-12-41)38-31-19-32(37-21-36-31)42-28(7-13-45-42)24-14-23(15-25(34)16-24)22-6-5-8-35-20-22/h4-6,8,14-21,28H,1,7,9-13H2,2-3H3,(H,39,43)(H,36,37,38)/t28-/m1/s1. The number of amides is 1. The molecule has 0 saturated carbocycles. The van der Waals surface area contributed by atoms with Crippen LogP contribution in [0.3, 0.4) is 0 Å². The maximum atomic E-state index is 14.8. The minimum atomic E-state index is -0.338. The van der Waals surface area contributed by atoms with Gasteiger partial charge in [0.05, 0.1) is 36.8 Å². The molecule has 2 N–H and O–H groups in total. The SMILES string of the molecule is C=CC(=O)Nc1cc(Nc2cc(N3OCC[C@@H]3c3cc(F)cc(-c4cccnc4)c3)ncn2)c(OC)cc1N1CCN(C)CC1. The first-order valence-corrected chi connectivity index (χ1v) is 14.7. The topological polar surface area (TPSA) is 108 Å². The summed E-state index contributed by atoms with van der Waals surface area (Å²) in [6.07, 6.45) is 6.73. The highest BCUT2D eigenvalue weighted by molar-refractivity contribution is 6.02. The number of halogens is 1. The predicted octanol–water partition coefficient (Wildman–Crippen LogP) is 5.19. The molecule has 4 heterocycles. The summed E-state index contributed by atoms with van der Waals surface area (Å²) in [5, 5.41) is 7.96. The molecule has 0 spiro atoms. The van der Waals surface area contributed by atoms with Gasteiger partial charge in [0.25, 0.3) is 0 Å². The van der Waals surface area contributed by atoms with E-state index in [4.69, 9.17) is 9.57 Å². The molecule has 45 heavy (non-hydrogen) atoms. The van der Waals surface area contributed by atoms with Crippen molar-refractivity contribution in [2.45, 2.75) is 12.5 Å². The van der Waals surface area contributed by atoms with Crippen molar-refractivity contribution in [1.82, 2.24) is 19.9 Å². The van der Waals surface area contributed by atoms with Crippen LogP contribution < -0.4 is 25.3 Å². The van der Waals surface area contributed by atoms with Crippen molar-refractivity contribution < 1.29 is 18.8 Å². The summed E-state index contributed by atoms with van der Waals surface area (Å²) in [5.41, 5.74) is 4.42. The number of rotatable bonds is 9. The van der Waals surface area contributed by atoms with Crippen LogP contribution in [0, 0.1) is 5.82 Å². The van der Waals surface area contributed by atoms with Crippen LogP contribution >= 0.6 is 0 Å². The van der Waals surface area contributed by atoms with Crippen molar-refractivity contribution in [3.05, 3.63) is 91.3 Å². The number of ether oxygens (including phenoxy) is 1. The number of benzene rings is 2. The summed E-state index contributed by atoms with van der Waals surface area (Å²) >= 11 is 0. The van der Waals surface area contributed by atoms with Crippen molar-refractivity contribution in [2.24, 2.45) is 0 Å². The number of methoxy groups -OCH3 is 1. The van der Waals surface area contributed by atoms with Gasteiger partial charge in [0.1, 0.15) is 23.7 Å². The first kappa shape index (κ1) is 30.0. The van der Waals surface area contributed by atoms with Crippen LogP contribution in [0.25, 0.3) is 11.1 Å². The maximum absolute atomic E-state index is 14.8. The number of hydroxylamine groups is 1. The molecule has 6 rings (SSSR count). The Balaban J connectivity index is 1.29. The fraction of sp³-hybridized carbons (Fsp3) is 0.273. The van der Waals surface area contributed by atoms with Crippen molar-refractivity contribution in [3.8, 4) is 16.9 Å². The lowest BCUT2D eigenvalue weighted by Crippen LogP contribution is -2.44. The third-order valence-corrected chi connectivity index (χ3v) is 7.95. The third kappa shape index (κ3) is 6.71. The monoisotopic (exact) mass is 610 g/mol. The van der Waals surface area contributed by atoms with E-state index in [1.807, 2.05) is 30.3 Å². The summed E-state index contributed by atoms with van der Waals surface area (Å²) < 4.78 is 20.6. The Kier molecular flexibility index (Phi) is 8.85. The zero-order valence-corrected chi connectivity index (χ0v) is 25.2. The molecule has 2 aliphatic rings. The molecule has 2 aromatic heterocycles. The van der Waals surface area contributed by atoms with Gasteiger partial charge in [-0.2, -0.15) is 0 Å². The second kappa shape index (κ2) is 13.3. The fourth-order valence-corrected chi connectivity index (χ4v) is 5.61. The maximum Gasteiger partial charge on any atom is 0.247 e. The average Bonchev–Trinajstić information content (AvgIpc) is 3.56. The molecule has 2 fully saturated rings. The first-order valence-electron chi connectivity index (χ1n) is 14.7. The number of anilines is 5. The molecule has 0 bridgehead atoms. The van der Waals surface area contributed by atoms with Gasteiger partial charge in [0.2, 0.25) is 5.91 Å². The fourth-order valence-electron chi connectivity index (χ4n) is 5.61. The Bertz CT molecular complexity index is 1680. The highest BCUT2D eigenvalue weighted by Gasteiger charge is 2.30. The minimum Gasteiger partial charge on any atom is -0.494 e. The van der Waals surface area contributed by atoms with E-state index < -0.39 is 0 Å². The highest BCUT2D eigenvalue weighted by Crippen LogP contribution is 2.40. The molecule has 1 atom stereocenters. The first-order chi connectivity index (χ1) is 21.9. The number of hydrogen-bond acceptors (Lipinski definition) is 10. The lowest BCUT2D eigenvalue weighted by atomic mass is 9.98. The van der Waals surface area contributed by atoms with E-state index in [0.29, 0.717) is 41.8 Å². The summed E-state index contributed by atoms with van der Waals surface area (Å²) in [4.78, 5) is 35.9. The van der Waals surface area contributed by atoms with Gasteiger partial charge in [-0.3, -0.25) is 14.6 Å². The molecule has 2 aromatic carbocycles. The van der Waals surface area contributed by atoms with Gasteiger partial charge in [-0.1, -0.05) is 12.6 Å². The van der Waals surface area contributed by atoms with Gasteiger partial charge < -0.3 is 25.2 Å². The molecular weight excluding hydrogens is 575 g/mol. The molecule has 4 aromatic rings. The van der Waals surface area contributed by atoms with Crippen molar-refractivity contribution in [3.63, 3.8) is 0 Å². The highest BCUT2D eigenvalue weighted by atomic mass is 19.1. The van der Waals surface area contributed by atoms with E-state index in [9.17, 15) is 9.18 Å².